The number of hydrogen-bond donors (Lipinski definition) is 1. The monoisotopic (exact) mass is 293 g/mol. The Morgan fingerprint density at radius 1 is 1.30 bits per heavy atom. The summed E-state index contributed by atoms with van der Waals surface area (Å²) in [6.45, 7) is 6.35. The van der Waals surface area contributed by atoms with Gasteiger partial charge in [0, 0.05) is 10.9 Å². The number of nitrogens with two attached hydrogens (primary N) is 1. The number of aryl methyl sites for hydroxylation is 2. The van der Waals surface area contributed by atoms with E-state index in [4.69, 9.17) is 5.73 Å². The van der Waals surface area contributed by atoms with Crippen molar-refractivity contribution < 1.29 is 4.21 Å². The molecule has 3 heteroatoms. The third kappa shape index (κ3) is 3.50. The Morgan fingerprint density at radius 3 is 2.70 bits per heavy atom. The van der Waals surface area contributed by atoms with Gasteiger partial charge in [0.05, 0.1) is 16.0 Å². The third-order valence-corrected chi connectivity index (χ3v) is 6.45. The molecule has 112 valence electrons. The number of hydrogen-bond acceptors (Lipinski definition) is 2. The van der Waals surface area contributed by atoms with Crippen molar-refractivity contribution in [1.82, 2.24) is 0 Å². The first-order valence-electron chi connectivity index (χ1n) is 7.76. The van der Waals surface area contributed by atoms with Gasteiger partial charge in [-0.3, -0.25) is 4.21 Å². The van der Waals surface area contributed by atoms with Crippen LogP contribution in [0.15, 0.2) is 23.1 Å². The molecule has 1 fully saturated rings. The zero-order valence-electron chi connectivity index (χ0n) is 12.9. The van der Waals surface area contributed by atoms with Gasteiger partial charge in [0.15, 0.2) is 0 Å². The Bertz CT molecular complexity index is 486. The van der Waals surface area contributed by atoms with Crippen LogP contribution in [-0.4, -0.2) is 15.5 Å². The van der Waals surface area contributed by atoms with Crippen LogP contribution in [0.2, 0.25) is 0 Å². The van der Waals surface area contributed by atoms with Gasteiger partial charge in [-0.15, -0.1) is 0 Å². The molecule has 0 saturated heterocycles. The number of rotatable bonds is 4. The Kier molecular flexibility index (Phi) is 5.39. The quantitative estimate of drug-likeness (QED) is 0.919. The maximum atomic E-state index is 12.9. The molecule has 0 bridgehead atoms. The van der Waals surface area contributed by atoms with Gasteiger partial charge in [-0.05, 0) is 50.7 Å². The molecule has 1 aromatic rings. The zero-order chi connectivity index (χ0) is 14.7. The van der Waals surface area contributed by atoms with Crippen molar-refractivity contribution in [3.05, 3.63) is 29.3 Å². The summed E-state index contributed by atoms with van der Waals surface area (Å²) in [5.74, 6) is 0.708. The van der Waals surface area contributed by atoms with Crippen molar-refractivity contribution in [3.8, 4) is 0 Å². The molecule has 1 aliphatic rings. The minimum absolute atomic E-state index is 0.0876. The molecular formula is C17H27NOS. The minimum Gasteiger partial charge on any atom is -0.327 e. The maximum absolute atomic E-state index is 12.9. The van der Waals surface area contributed by atoms with Gasteiger partial charge in [-0.25, -0.2) is 0 Å². The second-order valence-electron chi connectivity index (χ2n) is 6.24. The van der Waals surface area contributed by atoms with E-state index in [1.807, 2.05) is 6.07 Å². The van der Waals surface area contributed by atoms with Gasteiger partial charge in [-0.1, -0.05) is 37.5 Å². The SMILES string of the molecule is CCCC1CCC(N)C(S(=O)c2ccc(C)cc2C)C1. The standard InChI is InChI=1S/C17H27NOS/c1-4-5-14-7-8-15(18)17(11-14)20(19)16-9-6-12(2)10-13(16)3/h6,9-10,14-15,17H,4-5,7-8,11,18H2,1-3H3. The average Bonchev–Trinajstić information content (AvgIpc) is 2.40. The summed E-state index contributed by atoms with van der Waals surface area (Å²) >= 11 is 0. The molecule has 1 aliphatic carbocycles. The van der Waals surface area contributed by atoms with Crippen molar-refractivity contribution in [2.24, 2.45) is 11.7 Å². The largest absolute Gasteiger partial charge is 0.327 e. The van der Waals surface area contributed by atoms with Crippen LogP contribution in [0.4, 0.5) is 0 Å². The molecule has 0 aromatic heterocycles. The fourth-order valence-corrected chi connectivity index (χ4v) is 5.15. The fraction of sp³-hybridized carbons (Fsp3) is 0.647. The first kappa shape index (κ1) is 15.7. The molecule has 0 amide bonds. The average molecular weight is 293 g/mol. The van der Waals surface area contributed by atoms with E-state index in [1.54, 1.807) is 0 Å². The molecule has 0 radical (unpaired) electrons. The molecule has 1 aromatic carbocycles. The van der Waals surface area contributed by atoms with E-state index >= 15 is 0 Å². The highest BCUT2D eigenvalue weighted by Crippen LogP contribution is 2.32. The van der Waals surface area contributed by atoms with E-state index in [2.05, 4.69) is 32.9 Å². The predicted octanol–water partition coefficient (Wildman–Crippen LogP) is 3.71. The molecule has 2 rings (SSSR count). The van der Waals surface area contributed by atoms with Crippen LogP contribution >= 0.6 is 0 Å². The Labute approximate surface area is 125 Å². The van der Waals surface area contributed by atoms with Gasteiger partial charge < -0.3 is 5.73 Å². The van der Waals surface area contributed by atoms with Gasteiger partial charge in [0.25, 0.3) is 0 Å². The van der Waals surface area contributed by atoms with Crippen LogP contribution in [0.3, 0.4) is 0 Å². The van der Waals surface area contributed by atoms with E-state index in [9.17, 15) is 4.21 Å². The normalized spacial score (nSPS) is 28.3. The molecule has 2 nitrogen and oxygen atoms in total. The highest BCUT2D eigenvalue weighted by atomic mass is 32.2. The van der Waals surface area contributed by atoms with Crippen LogP contribution < -0.4 is 5.73 Å². The smallest absolute Gasteiger partial charge is 0.0579 e. The van der Waals surface area contributed by atoms with E-state index in [1.165, 1.54) is 24.8 Å². The van der Waals surface area contributed by atoms with Crippen molar-refractivity contribution >= 4 is 10.8 Å². The lowest BCUT2D eigenvalue weighted by Gasteiger charge is -2.33. The molecule has 2 N–H and O–H groups in total. The summed E-state index contributed by atoms with van der Waals surface area (Å²) < 4.78 is 12.9. The molecule has 0 aliphatic heterocycles. The van der Waals surface area contributed by atoms with Crippen molar-refractivity contribution in [2.75, 3.05) is 0 Å². The third-order valence-electron chi connectivity index (χ3n) is 4.47. The minimum atomic E-state index is -0.969. The van der Waals surface area contributed by atoms with Crippen LogP contribution in [0.5, 0.6) is 0 Å². The van der Waals surface area contributed by atoms with Crippen LogP contribution in [0.25, 0.3) is 0 Å². The van der Waals surface area contributed by atoms with Gasteiger partial charge in [-0.2, -0.15) is 0 Å². The van der Waals surface area contributed by atoms with Crippen LogP contribution in [0, 0.1) is 19.8 Å². The lowest BCUT2D eigenvalue weighted by atomic mass is 9.83. The molecule has 1 saturated carbocycles. The summed E-state index contributed by atoms with van der Waals surface area (Å²) in [7, 11) is -0.969. The summed E-state index contributed by atoms with van der Waals surface area (Å²) in [6, 6.07) is 6.28. The maximum Gasteiger partial charge on any atom is 0.0579 e. The lowest BCUT2D eigenvalue weighted by molar-refractivity contribution is 0.313. The van der Waals surface area contributed by atoms with Crippen molar-refractivity contribution in [3.63, 3.8) is 0 Å². The van der Waals surface area contributed by atoms with E-state index < -0.39 is 10.8 Å². The van der Waals surface area contributed by atoms with Crippen molar-refractivity contribution in [1.29, 1.82) is 0 Å². The van der Waals surface area contributed by atoms with E-state index in [-0.39, 0.29) is 11.3 Å². The summed E-state index contributed by atoms with van der Waals surface area (Å²) in [5, 5.41) is 0.127. The van der Waals surface area contributed by atoms with E-state index in [0.29, 0.717) is 5.92 Å². The Balaban J connectivity index is 2.17. The Morgan fingerprint density at radius 2 is 2.05 bits per heavy atom. The summed E-state index contributed by atoms with van der Waals surface area (Å²) in [6.07, 6.45) is 5.70. The zero-order valence-corrected chi connectivity index (χ0v) is 13.7. The Hall–Kier alpha value is -0.670. The topological polar surface area (TPSA) is 43.1 Å². The molecule has 4 unspecified atom stereocenters. The molecule has 4 atom stereocenters. The molecule has 20 heavy (non-hydrogen) atoms. The van der Waals surface area contributed by atoms with Gasteiger partial charge in [0.2, 0.25) is 0 Å². The van der Waals surface area contributed by atoms with E-state index in [0.717, 1.165) is 23.3 Å². The van der Waals surface area contributed by atoms with Gasteiger partial charge in [0.1, 0.15) is 0 Å². The fourth-order valence-electron chi connectivity index (χ4n) is 3.34. The lowest BCUT2D eigenvalue weighted by Crippen LogP contribution is -2.43. The van der Waals surface area contributed by atoms with Crippen LogP contribution in [0.1, 0.15) is 50.2 Å². The molecule has 0 spiro atoms. The summed E-state index contributed by atoms with van der Waals surface area (Å²) in [5.41, 5.74) is 8.62. The first-order valence-corrected chi connectivity index (χ1v) is 8.97. The van der Waals surface area contributed by atoms with Crippen molar-refractivity contribution in [2.45, 2.75) is 69.1 Å². The predicted molar refractivity (Wildman–Crippen MR) is 86.3 cm³/mol. The second kappa shape index (κ2) is 6.86. The van der Waals surface area contributed by atoms with Gasteiger partial charge >= 0.3 is 0 Å². The molecule has 0 heterocycles. The highest BCUT2D eigenvalue weighted by molar-refractivity contribution is 7.85. The first-order chi connectivity index (χ1) is 9.52. The highest BCUT2D eigenvalue weighted by Gasteiger charge is 2.32. The summed E-state index contributed by atoms with van der Waals surface area (Å²) in [4.78, 5) is 0.980. The molecular weight excluding hydrogens is 266 g/mol. The van der Waals surface area contributed by atoms with Crippen LogP contribution in [-0.2, 0) is 10.8 Å². The number of benzene rings is 1. The second-order valence-corrected chi connectivity index (χ2v) is 7.88.